The van der Waals surface area contributed by atoms with Gasteiger partial charge in [0.25, 0.3) is 0 Å². The van der Waals surface area contributed by atoms with Crippen molar-refractivity contribution in [2.45, 2.75) is 13.0 Å². The van der Waals surface area contributed by atoms with Gasteiger partial charge in [0.2, 0.25) is 0 Å². The zero-order chi connectivity index (χ0) is 22.2. The summed E-state index contributed by atoms with van der Waals surface area (Å²) in [6.07, 6.45) is 0.711. The van der Waals surface area contributed by atoms with Gasteiger partial charge in [0, 0.05) is 25.7 Å². The van der Waals surface area contributed by atoms with Gasteiger partial charge in [0.05, 0.1) is 20.8 Å². The summed E-state index contributed by atoms with van der Waals surface area (Å²) in [5, 5.41) is 9.95. The van der Waals surface area contributed by atoms with Gasteiger partial charge in [0.1, 0.15) is 11.5 Å². The van der Waals surface area contributed by atoms with E-state index in [0.717, 1.165) is 22.6 Å². The highest BCUT2D eigenvalue weighted by molar-refractivity contribution is 5.73. The number of aromatic nitrogens is 3. The van der Waals surface area contributed by atoms with Gasteiger partial charge in [-0.1, -0.05) is 12.1 Å². The molecular weight excluding hydrogens is 398 g/mol. The molecule has 0 aliphatic heterocycles. The molecule has 2 aromatic carbocycles. The van der Waals surface area contributed by atoms with Crippen LogP contribution < -0.4 is 25.8 Å². The van der Waals surface area contributed by atoms with E-state index in [9.17, 15) is 9.59 Å². The van der Waals surface area contributed by atoms with Gasteiger partial charge in [-0.05, 0) is 48.4 Å². The van der Waals surface area contributed by atoms with Crippen LogP contribution in [0.15, 0.2) is 53.3 Å². The number of nitrogens with zero attached hydrogens (tertiary/aromatic N) is 3. The van der Waals surface area contributed by atoms with Crippen molar-refractivity contribution in [2.24, 2.45) is 7.05 Å². The van der Waals surface area contributed by atoms with Gasteiger partial charge in [-0.3, -0.25) is 4.57 Å². The Morgan fingerprint density at radius 3 is 2.13 bits per heavy atom. The summed E-state index contributed by atoms with van der Waals surface area (Å²) < 4.78 is 13.1. The Balaban J connectivity index is 1.47. The predicted octanol–water partition coefficient (Wildman–Crippen LogP) is 1.81. The van der Waals surface area contributed by atoms with Crippen molar-refractivity contribution in [1.29, 1.82) is 0 Å². The predicted molar refractivity (Wildman–Crippen MR) is 118 cm³/mol. The normalized spacial score (nSPS) is 10.5. The minimum Gasteiger partial charge on any atom is -0.497 e. The second-order valence-electron chi connectivity index (χ2n) is 6.90. The number of urea groups is 1. The SMILES string of the molecule is COc1ccc(CCNC(=O)NCCn2nc(-c3ccc(OC)cc3)n(C)c2=O)cc1. The molecular formula is C22H27N5O4. The summed E-state index contributed by atoms with van der Waals surface area (Å²) in [6, 6.07) is 14.7. The third-order valence-electron chi connectivity index (χ3n) is 4.86. The molecule has 31 heavy (non-hydrogen) atoms. The van der Waals surface area contributed by atoms with Gasteiger partial charge in [-0.2, -0.15) is 0 Å². The van der Waals surface area contributed by atoms with Crippen molar-refractivity contribution < 1.29 is 14.3 Å². The van der Waals surface area contributed by atoms with E-state index in [2.05, 4.69) is 15.7 Å². The number of amides is 2. The first-order valence-electron chi connectivity index (χ1n) is 9.94. The summed E-state index contributed by atoms with van der Waals surface area (Å²) in [5.74, 6) is 2.08. The van der Waals surface area contributed by atoms with Crippen LogP contribution in [0.4, 0.5) is 4.79 Å². The van der Waals surface area contributed by atoms with Crippen LogP contribution in [-0.4, -0.2) is 47.7 Å². The highest BCUT2D eigenvalue weighted by Crippen LogP contribution is 2.19. The number of hydrogen-bond acceptors (Lipinski definition) is 5. The monoisotopic (exact) mass is 425 g/mol. The number of hydrogen-bond donors (Lipinski definition) is 2. The molecule has 9 heteroatoms. The van der Waals surface area contributed by atoms with E-state index in [-0.39, 0.29) is 24.8 Å². The number of nitrogens with one attached hydrogen (secondary N) is 2. The Bertz CT molecular complexity index is 1060. The maximum absolute atomic E-state index is 12.4. The van der Waals surface area contributed by atoms with E-state index < -0.39 is 0 Å². The Kier molecular flexibility index (Phi) is 7.31. The zero-order valence-corrected chi connectivity index (χ0v) is 17.9. The Labute approximate surface area is 180 Å². The summed E-state index contributed by atoms with van der Waals surface area (Å²) in [7, 11) is 4.90. The minimum atomic E-state index is -0.284. The molecule has 3 aromatic rings. The van der Waals surface area contributed by atoms with Gasteiger partial charge in [0.15, 0.2) is 5.82 Å². The second-order valence-corrected chi connectivity index (χ2v) is 6.90. The number of benzene rings is 2. The fraction of sp³-hybridized carbons (Fsp3) is 0.318. The molecule has 0 saturated carbocycles. The van der Waals surface area contributed by atoms with Crippen LogP contribution in [0.1, 0.15) is 5.56 Å². The Morgan fingerprint density at radius 2 is 1.52 bits per heavy atom. The van der Waals surface area contributed by atoms with Crippen molar-refractivity contribution in [3.05, 3.63) is 64.6 Å². The van der Waals surface area contributed by atoms with Crippen molar-refractivity contribution in [3.8, 4) is 22.9 Å². The molecule has 0 atom stereocenters. The van der Waals surface area contributed by atoms with Crippen molar-refractivity contribution in [1.82, 2.24) is 25.0 Å². The van der Waals surface area contributed by atoms with Crippen LogP contribution in [-0.2, 0) is 20.0 Å². The molecule has 9 nitrogen and oxygen atoms in total. The van der Waals surface area contributed by atoms with E-state index in [4.69, 9.17) is 9.47 Å². The van der Waals surface area contributed by atoms with Crippen molar-refractivity contribution in [3.63, 3.8) is 0 Å². The van der Waals surface area contributed by atoms with Crippen LogP contribution in [0, 0.1) is 0 Å². The highest BCUT2D eigenvalue weighted by Gasteiger charge is 2.12. The Hall–Kier alpha value is -3.75. The third-order valence-corrected chi connectivity index (χ3v) is 4.86. The average Bonchev–Trinajstić information content (AvgIpc) is 3.08. The summed E-state index contributed by atoms with van der Waals surface area (Å²) in [4.78, 5) is 24.4. The van der Waals surface area contributed by atoms with Crippen LogP contribution in [0.5, 0.6) is 11.5 Å². The molecule has 1 aromatic heterocycles. The Morgan fingerprint density at radius 1 is 0.935 bits per heavy atom. The lowest BCUT2D eigenvalue weighted by molar-refractivity contribution is 0.240. The van der Waals surface area contributed by atoms with E-state index in [1.807, 2.05) is 48.5 Å². The van der Waals surface area contributed by atoms with Gasteiger partial charge in [-0.25, -0.2) is 14.3 Å². The van der Waals surface area contributed by atoms with Crippen LogP contribution in [0.25, 0.3) is 11.4 Å². The van der Waals surface area contributed by atoms with E-state index in [1.165, 1.54) is 9.25 Å². The molecule has 3 rings (SSSR count). The molecule has 0 spiro atoms. The smallest absolute Gasteiger partial charge is 0.345 e. The zero-order valence-electron chi connectivity index (χ0n) is 17.9. The number of ether oxygens (including phenoxy) is 2. The lowest BCUT2D eigenvalue weighted by Crippen LogP contribution is -2.39. The lowest BCUT2D eigenvalue weighted by atomic mass is 10.1. The molecule has 1 heterocycles. The first-order valence-corrected chi connectivity index (χ1v) is 9.94. The van der Waals surface area contributed by atoms with E-state index in [0.29, 0.717) is 18.8 Å². The molecule has 164 valence electrons. The lowest BCUT2D eigenvalue weighted by Gasteiger charge is -2.08. The molecule has 0 saturated heterocycles. The molecule has 0 fully saturated rings. The quantitative estimate of drug-likeness (QED) is 0.545. The third kappa shape index (κ3) is 5.65. The number of rotatable bonds is 9. The number of methoxy groups -OCH3 is 2. The summed E-state index contributed by atoms with van der Waals surface area (Å²) >= 11 is 0. The fourth-order valence-corrected chi connectivity index (χ4v) is 3.08. The first kappa shape index (κ1) is 21.9. The largest absolute Gasteiger partial charge is 0.497 e. The molecule has 0 aliphatic rings. The standard InChI is InChI=1S/C22H27N5O4/c1-26-20(17-6-10-19(31-3)11-7-17)25-27(22(26)29)15-14-24-21(28)23-13-12-16-4-8-18(30-2)9-5-16/h4-11H,12-15H2,1-3H3,(H2,23,24,28). The van der Waals surface area contributed by atoms with Gasteiger partial charge >= 0.3 is 11.7 Å². The van der Waals surface area contributed by atoms with Crippen LogP contribution in [0.2, 0.25) is 0 Å². The van der Waals surface area contributed by atoms with Crippen LogP contribution in [0.3, 0.4) is 0 Å². The maximum atomic E-state index is 12.4. The van der Waals surface area contributed by atoms with Gasteiger partial charge in [-0.15, -0.1) is 5.10 Å². The molecule has 0 bridgehead atoms. The van der Waals surface area contributed by atoms with Gasteiger partial charge < -0.3 is 20.1 Å². The maximum Gasteiger partial charge on any atom is 0.345 e. The average molecular weight is 425 g/mol. The van der Waals surface area contributed by atoms with Crippen molar-refractivity contribution in [2.75, 3.05) is 27.3 Å². The van der Waals surface area contributed by atoms with Crippen molar-refractivity contribution >= 4 is 6.03 Å². The van der Waals surface area contributed by atoms with E-state index >= 15 is 0 Å². The number of carbonyl (C=O) groups excluding carboxylic acids is 1. The molecule has 0 unspecified atom stereocenters. The van der Waals surface area contributed by atoms with Crippen LogP contribution >= 0.6 is 0 Å². The van der Waals surface area contributed by atoms with E-state index in [1.54, 1.807) is 21.3 Å². The fourth-order valence-electron chi connectivity index (χ4n) is 3.08. The first-order chi connectivity index (χ1) is 15.0. The second kappa shape index (κ2) is 10.3. The highest BCUT2D eigenvalue weighted by atomic mass is 16.5. The molecule has 0 aliphatic carbocycles. The minimum absolute atomic E-state index is 0.243. The molecule has 2 N–H and O–H groups in total. The summed E-state index contributed by atoms with van der Waals surface area (Å²) in [5.41, 5.74) is 1.67. The molecule has 2 amide bonds. The molecule has 0 radical (unpaired) electrons. The topological polar surface area (TPSA) is 99.4 Å². The number of carbonyl (C=O) groups is 1. The summed E-state index contributed by atoms with van der Waals surface area (Å²) in [6.45, 7) is 1.06.